The van der Waals surface area contributed by atoms with E-state index in [4.69, 9.17) is 5.11 Å². The molecule has 2 N–H and O–H groups in total. The number of rotatable bonds is 8. The maximum atomic E-state index is 12.3. The summed E-state index contributed by atoms with van der Waals surface area (Å²) in [6.45, 7) is 8.44. The van der Waals surface area contributed by atoms with Gasteiger partial charge in [0.05, 0.1) is 5.75 Å². The molecular weight excluding hydrogens is 296 g/mol. The molecule has 124 valence electrons. The van der Waals surface area contributed by atoms with E-state index in [1.54, 1.807) is 0 Å². The van der Waals surface area contributed by atoms with Crippen molar-refractivity contribution in [3.63, 3.8) is 0 Å². The van der Waals surface area contributed by atoms with Gasteiger partial charge in [0.15, 0.2) is 0 Å². The van der Waals surface area contributed by atoms with Gasteiger partial charge in [-0.05, 0) is 18.8 Å². The zero-order chi connectivity index (χ0) is 16.8. The fourth-order valence-corrected chi connectivity index (χ4v) is 3.64. The van der Waals surface area contributed by atoms with E-state index < -0.39 is 22.0 Å². The minimum absolute atomic E-state index is 0.0560. The molecule has 0 aliphatic heterocycles. The van der Waals surface area contributed by atoms with Crippen LogP contribution in [0.15, 0.2) is 0 Å². The van der Waals surface area contributed by atoms with Crippen LogP contribution in [0.4, 0.5) is 0 Å². The van der Waals surface area contributed by atoms with Crippen LogP contribution < -0.4 is 5.32 Å². The lowest BCUT2D eigenvalue weighted by Gasteiger charge is -2.27. The number of amides is 1. The molecule has 0 aliphatic carbocycles. The van der Waals surface area contributed by atoms with Gasteiger partial charge in [0.25, 0.3) is 0 Å². The molecule has 1 atom stereocenters. The third-order valence-electron chi connectivity index (χ3n) is 2.96. The first-order valence-corrected chi connectivity index (χ1v) is 8.44. The molecule has 0 saturated heterocycles. The first kappa shape index (κ1) is 19.9. The Kier molecular flexibility index (Phi) is 7.32. The van der Waals surface area contributed by atoms with Crippen molar-refractivity contribution in [2.45, 2.75) is 47.1 Å². The first-order chi connectivity index (χ1) is 9.37. The topological polar surface area (TPSA) is 104 Å². The summed E-state index contributed by atoms with van der Waals surface area (Å²) in [6, 6.07) is -1.16. The lowest BCUT2D eigenvalue weighted by Crippen LogP contribution is -2.47. The lowest BCUT2D eigenvalue weighted by molar-refractivity contribution is -0.140. The molecule has 1 amide bonds. The summed E-state index contributed by atoms with van der Waals surface area (Å²) in [5.41, 5.74) is -0.164. The van der Waals surface area contributed by atoms with Gasteiger partial charge in [-0.2, -0.15) is 4.31 Å². The van der Waals surface area contributed by atoms with Crippen LogP contribution in [0.3, 0.4) is 0 Å². The summed E-state index contributed by atoms with van der Waals surface area (Å²) >= 11 is 0. The first-order valence-electron chi connectivity index (χ1n) is 6.83. The second-order valence-electron chi connectivity index (χ2n) is 6.23. The van der Waals surface area contributed by atoms with Gasteiger partial charge in [-0.25, -0.2) is 8.42 Å². The van der Waals surface area contributed by atoms with Crippen molar-refractivity contribution in [3.05, 3.63) is 0 Å². The van der Waals surface area contributed by atoms with E-state index in [0.717, 1.165) is 4.31 Å². The van der Waals surface area contributed by atoms with Gasteiger partial charge in [-0.1, -0.05) is 20.8 Å². The Hall–Kier alpha value is -1.15. The summed E-state index contributed by atoms with van der Waals surface area (Å²) in [4.78, 5) is 21.9. The van der Waals surface area contributed by atoms with Crippen LogP contribution in [0.2, 0.25) is 0 Å². The number of carboxylic acid groups (broad SMARTS) is 1. The van der Waals surface area contributed by atoms with Crippen LogP contribution in [0.5, 0.6) is 0 Å². The summed E-state index contributed by atoms with van der Waals surface area (Å²) in [7, 11) is -3.70. The Labute approximate surface area is 126 Å². The Morgan fingerprint density at radius 2 is 1.81 bits per heavy atom. The highest BCUT2D eigenvalue weighted by molar-refractivity contribution is 7.89. The molecule has 1 unspecified atom stereocenters. The number of nitrogens with one attached hydrogen (secondary N) is 1. The average Bonchev–Trinajstić information content (AvgIpc) is 2.30. The van der Waals surface area contributed by atoms with E-state index in [1.165, 1.54) is 13.8 Å². The third-order valence-corrected chi connectivity index (χ3v) is 4.90. The van der Waals surface area contributed by atoms with Crippen molar-refractivity contribution in [2.24, 2.45) is 5.41 Å². The number of hydrogen-bond donors (Lipinski definition) is 2. The third kappa shape index (κ3) is 8.01. The van der Waals surface area contributed by atoms with Gasteiger partial charge in [0, 0.05) is 20.0 Å². The molecule has 0 heterocycles. The van der Waals surface area contributed by atoms with Gasteiger partial charge in [-0.3, -0.25) is 9.59 Å². The van der Waals surface area contributed by atoms with E-state index >= 15 is 0 Å². The van der Waals surface area contributed by atoms with Crippen molar-refractivity contribution < 1.29 is 23.1 Å². The van der Waals surface area contributed by atoms with Crippen LogP contribution in [0.25, 0.3) is 0 Å². The van der Waals surface area contributed by atoms with Crippen molar-refractivity contribution in [3.8, 4) is 0 Å². The molecule has 0 bridgehead atoms. The van der Waals surface area contributed by atoms with Gasteiger partial charge in [-0.15, -0.1) is 0 Å². The standard InChI is InChI=1S/C13H26N2O5S/c1-10(12(17)18)15(8-7-14-11(2)16)21(19,20)9-6-13(3,4)5/h10H,6-9H2,1-5H3,(H,14,16)(H,17,18). The monoisotopic (exact) mass is 322 g/mol. The second kappa shape index (κ2) is 7.74. The molecule has 0 aromatic carbocycles. The maximum Gasteiger partial charge on any atom is 0.321 e. The quantitative estimate of drug-likeness (QED) is 0.683. The smallest absolute Gasteiger partial charge is 0.321 e. The molecule has 0 radical (unpaired) electrons. The zero-order valence-electron chi connectivity index (χ0n) is 13.3. The van der Waals surface area contributed by atoms with Crippen molar-refractivity contribution in [2.75, 3.05) is 18.8 Å². The molecular formula is C13H26N2O5S. The fraction of sp³-hybridized carbons (Fsp3) is 0.846. The van der Waals surface area contributed by atoms with E-state index in [2.05, 4.69) is 5.32 Å². The average molecular weight is 322 g/mol. The molecule has 8 heteroatoms. The molecule has 0 aromatic rings. The Morgan fingerprint density at radius 3 is 2.19 bits per heavy atom. The van der Waals surface area contributed by atoms with E-state index in [0.29, 0.717) is 6.42 Å². The minimum atomic E-state index is -3.70. The second-order valence-corrected chi connectivity index (χ2v) is 8.28. The van der Waals surface area contributed by atoms with Crippen LogP contribution in [0.1, 0.15) is 41.0 Å². The Bertz CT molecular complexity index is 467. The highest BCUT2D eigenvalue weighted by Gasteiger charge is 2.32. The van der Waals surface area contributed by atoms with Gasteiger partial charge < -0.3 is 10.4 Å². The number of aliphatic carboxylic acids is 1. The highest BCUT2D eigenvalue weighted by atomic mass is 32.2. The maximum absolute atomic E-state index is 12.3. The number of carbonyl (C=O) groups excluding carboxylic acids is 1. The predicted octanol–water partition coefficient (Wildman–Crippen LogP) is 0.664. The Balaban J connectivity index is 5.00. The Morgan fingerprint density at radius 1 is 1.29 bits per heavy atom. The van der Waals surface area contributed by atoms with E-state index in [9.17, 15) is 18.0 Å². The molecule has 0 fully saturated rings. The zero-order valence-corrected chi connectivity index (χ0v) is 14.2. The van der Waals surface area contributed by atoms with Crippen LogP contribution in [-0.4, -0.2) is 54.6 Å². The predicted molar refractivity (Wildman–Crippen MR) is 80.3 cm³/mol. The molecule has 0 rings (SSSR count). The number of hydrogen-bond acceptors (Lipinski definition) is 4. The van der Waals surface area contributed by atoms with Gasteiger partial charge in [0.1, 0.15) is 6.04 Å². The molecule has 7 nitrogen and oxygen atoms in total. The SMILES string of the molecule is CC(=O)NCCN(C(C)C(=O)O)S(=O)(=O)CCC(C)(C)C. The van der Waals surface area contributed by atoms with Crippen molar-refractivity contribution in [1.82, 2.24) is 9.62 Å². The summed E-state index contributed by atoms with van der Waals surface area (Å²) < 4.78 is 25.6. The van der Waals surface area contributed by atoms with Gasteiger partial charge >= 0.3 is 5.97 Å². The van der Waals surface area contributed by atoms with E-state index in [-0.39, 0.29) is 30.2 Å². The van der Waals surface area contributed by atoms with Crippen molar-refractivity contribution in [1.29, 1.82) is 0 Å². The van der Waals surface area contributed by atoms with Crippen LogP contribution in [0, 0.1) is 5.41 Å². The minimum Gasteiger partial charge on any atom is -0.480 e. The highest BCUT2D eigenvalue weighted by Crippen LogP contribution is 2.21. The fourth-order valence-electron chi connectivity index (χ4n) is 1.59. The number of nitrogens with zero attached hydrogens (tertiary/aromatic N) is 1. The van der Waals surface area contributed by atoms with Crippen LogP contribution in [-0.2, 0) is 19.6 Å². The van der Waals surface area contributed by atoms with Crippen molar-refractivity contribution >= 4 is 21.9 Å². The molecule has 0 aromatic heterocycles. The number of sulfonamides is 1. The lowest BCUT2D eigenvalue weighted by atomic mass is 9.94. The summed E-state index contributed by atoms with van der Waals surface area (Å²) in [5, 5.41) is 11.5. The number of carbonyl (C=O) groups is 2. The molecule has 21 heavy (non-hydrogen) atoms. The number of carboxylic acids is 1. The van der Waals surface area contributed by atoms with Crippen LogP contribution >= 0.6 is 0 Å². The normalized spacial score (nSPS) is 14.0. The molecule has 0 aliphatic rings. The molecule has 0 spiro atoms. The largest absolute Gasteiger partial charge is 0.480 e. The molecule has 0 saturated carbocycles. The van der Waals surface area contributed by atoms with Gasteiger partial charge in [0.2, 0.25) is 15.9 Å². The van der Waals surface area contributed by atoms with E-state index in [1.807, 2.05) is 20.8 Å². The summed E-state index contributed by atoms with van der Waals surface area (Å²) in [6.07, 6.45) is 0.429. The summed E-state index contributed by atoms with van der Waals surface area (Å²) in [5.74, 6) is -1.61.